The summed E-state index contributed by atoms with van der Waals surface area (Å²) in [6, 6.07) is 2.14. The van der Waals surface area contributed by atoms with Gasteiger partial charge in [0.15, 0.2) is 0 Å². The Bertz CT molecular complexity index is 670. The lowest BCUT2D eigenvalue weighted by atomic mass is 9.91. The van der Waals surface area contributed by atoms with Gasteiger partial charge in [-0.3, -0.25) is 0 Å². The monoisotopic (exact) mass is 364 g/mol. The molecule has 5 nitrogen and oxygen atoms in total. The number of aliphatic hydroxyl groups is 1. The highest BCUT2D eigenvalue weighted by Gasteiger charge is 2.55. The van der Waals surface area contributed by atoms with Crippen molar-refractivity contribution < 1.29 is 17.9 Å². The van der Waals surface area contributed by atoms with Crippen LogP contribution in [-0.4, -0.2) is 36.5 Å². The van der Waals surface area contributed by atoms with Gasteiger partial charge in [-0.2, -0.15) is 4.31 Å². The van der Waals surface area contributed by atoms with E-state index in [0.29, 0.717) is 0 Å². The third-order valence-corrected chi connectivity index (χ3v) is 6.66. The van der Waals surface area contributed by atoms with E-state index in [1.807, 2.05) is 0 Å². The Morgan fingerprint density at radius 3 is 2.55 bits per heavy atom. The number of β-amino-alcohol motifs (C(OH)–C–C–N with tert-alkyl or cyclic N) is 1. The van der Waals surface area contributed by atoms with E-state index in [-0.39, 0.29) is 34.1 Å². The summed E-state index contributed by atoms with van der Waals surface area (Å²) in [5.41, 5.74) is 4.31. The van der Waals surface area contributed by atoms with E-state index in [0.717, 1.165) is 25.0 Å². The molecule has 20 heavy (non-hydrogen) atoms. The van der Waals surface area contributed by atoms with Gasteiger partial charge >= 0.3 is 0 Å². The zero-order chi connectivity index (χ0) is 14.7. The van der Waals surface area contributed by atoms with Gasteiger partial charge in [0.1, 0.15) is 5.82 Å². The number of halogens is 2. The van der Waals surface area contributed by atoms with Crippen molar-refractivity contribution in [2.45, 2.75) is 23.3 Å². The summed E-state index contributed by atoms with van der Waals surface area (Å²) >= 11 is 3.04. The van der Waals surface area contributed by atoms with E-state index in [1.165, 1.54) is 4.31 Å². The van der Waals surface area contributed by atoms with E-state index in [4.69, 9.17) is 5.73 Å². The van der Waals surface area contributed by atoms with Crippen molar-refractivity contribution >= 4 is 31.6 Å². The summed E-state index contributed by atoms with van der Waals surface area (Å²) in [5.74, 6) is -0.468. The first kappa shape index (κ1) is 14.2. The first-order valence-corrected chi connectivity index (χ1v) is 8.44. The highest BCUT2D eigenvalue weighted by molar-refractivity contribution is 9.10. The van der Waals surface area contributed by atoms with Crippen LogP contribution in [-0.2, 0) is 10.0 Å². The Hall–Kier alpha value is -0.700. The summed E-state index contributed by atoms with van der Waals surface area (Å²) in [6.07, 6.45) is 1.88. The van der Waals surface area contributed by atoms with Gasteiger partial charge in [-0.1, -0.05) is 0 Å². The molecule has 3 N–H and O–H groups in total. The lowest BCUT2D eigenvalue weighted by Crippen LogP contribution is -2.64. The minimum atomic E-state index is -3.77. The third-order valence-electron chi connectivity index (χ3n) is 3.91. The van der Waals surface area contributed by atoms with Gasteiger partial charge < -0.3 is 10.8 Å². The molecule has 0 radical (unpaired) electrons. The van der Waals surface area contributed by atoms with Crippen molar-refractivity contribution in [1.82, 2.24) is 4.31 Å². The van der Waals surface area contributed by atoms with E-state index in [1.54, 1.807) is 0 Å². The lowest BCUT2D eigenvalue weighted by molar-refractivity contribution is -0.0764. The molecule has 8 heteroatoms. The molecule has 0 aromatic heterocycles. The molecule has 0 atom stereocenters. The maximum absolute atomic E-state index is 13.3. The molecule has 1 aliphatic heterocycles. The predicted octanol–water partition coefficient (Wildman–Crippen LogP) is 1.32. The Morgan fingerprint density at radius 2 is 2.00 bits per heavy atom. The summed E-state index contributed by atoms with van der Waals surface area (Å²) in [6.45, 7) is 0.174. The third kappa shape index (κ3) is 2.14. The van der Waals surface area contributed by atoms with E-state index >= 15 is 0 Å². The van der Waals surface area contributed by atoms with Gasteiger partial charge in [0.2, 0.25) is 10.0 Å². The SMILES string of the molecule is Nc1cc(S(=O)(=O)N2CC(O)(C3CC3)C2)c(Br)cc1F. The number of anilines is 1. The number of benzene rings is 1. The molecule has 110 valence electrons. The highest BCUT2D eigenvalue weighted by atomic mass is 79.9. The molecule has 0 bridgehead atoms. The molecule has 0 amide bonds. The Kier molecular flexibility index (Phi) is 3.13. The predicted molar refractivity (Wildman–Crippen MR) is 74.9 cm³/mol. The Labute approximate surface area is 124 Å². The quantitative estimate of drug-likeness (QED) is 0.792. The molecule has 1 saturated carbocycles. The molecule has 1 heterocycles. The second-order valence-electron chi connectivity index (χ2n) is 5.46. The molecule has 1 aliphatic carbocycles. The summed E-state index contributed by atoms with van der Waals surface area (Å²) in [7, 11) is -3.77. The Morgan fingerprint density at radius 1 is 1.40 bits per heavy atom. The minimum absolute atomic E-state index is 0.0748. The first-order chi connectivity index (χ1) is 9.24. The molecule has 2 aliphatic rings. The number of nitrogens with zero attached hydrogens (tertiary/aromatic N) is 1. The van der Waals surface area contributed by atoms with Crippen LogP contribution in [0.25, 0.3) is 0 Å². The van der Waals surface area contributed by atoms with Crippen LogP contribution in [0.5, 0.6) is 0 Å². The fourth-order valence-corrected chi connectivity index (χ4v) is 5.07. The van der Waals surface area contributed by atoms with E-state index in [2.05, 4.69) is 15.9 Å². The smallest absolute Gasteiger partial charge is 0.244 e. The van der Waals surface area contributed by atoms with Gasteiger partial charge in [-0.05, 0) is 46.8 Å². The van der Waals surface area contributed by atoms with Crippen molar-refractivity contribution in [3.63, 3.8) is 0 Å². The van der Waals surface area contributed by atoms with E-state index in [9.17, 15) is 17.9 Å². The van der Waals surface area contributed by atoms with Crippen LogP contribution in [0, 0.1) is 11.7 Å². The topological polar surface area (TPSA) is 83.6 Å². The molecule has 1 aromatic rings. The zero-order valence-corrected chi connectivity index (χ0v) is 12.9. The van der Waals surface area contributed by atoms with Gasteiger partial charge in [0.05, 0.1) is 16.2 Å². The highest BCUT2D eigenvalue weighted by Crippen LogP contribution is 2.46. The maximum Gasteiger partial charge on any atom is 0.244 e. The van der Waals surface area contributed by atoms with Crippen molar-refractivity contribution in [2.75, 3.05) is 18.8 Å². The molecule has 1 aromatic carbocycles. The van der Waals surface area contributed by atoms with Crippen molar-refractivity contribution in [3.05, 3.63) is 22.4 Å². The molecule has 2 fully saturated rings. The standard InChI is InChI=1S/C12H14BrFN2O3S/c13-8-3-9(14)10(15)4-11(8)20(18,19)16-5-12(17,6-16)7-1-2-7/h3-4,7,17H,1-2,5-6,15H2. The second kappa shape index (κ2) is 4.40. The van der Waals surface area contributed by atoms with Crippen LogP contribution < -0.4 is 5.73 Å². The van der Waals surface area contributed by atoms with Gasteiger partial charge in [-0.25, -0.2) is 12.8 Å². The number of rotatable bonds is 3. The fraction of sp³-hybridized carbons (Fsp3) is 0.500. The zero-order valence-electron chi connectivity index (χ0n) is 10.5. The average Bonchev–Trinajstić information content (AvgIpc) is 3.13. The van der Waals surface area contributed by atoms with Gasteiger partial charge in [0.25, 0.3) is 0 Å². The van der Waals surface area contributed by atoms with Crippen LogP contribution in [0.3, 0.4) is 0 Å². The lowest BCUT2D eigenvalue weighted by Gasteiger charge is -2.45. The second-order valence-corrected chi connectivity index (χ2v) is 8.22. The average molecular weight is 365 g/mol. The van der Waals surface area contributed by atoms with Crippen LogP contribution in [0.4, 0.5) is 10.1 Å². The van der Waals surface area contributed by atoms with Crippen molar-refractivity contribution in [2.24, 2.45) is 5.92 Å². The van der Waals surface area contributed by atoms with E-state index < -0.39 is 21.4 Å². The van der Waals surface area contributed by atoms with Crippen LogP contribution in [0.2, 0.25) is 0 Å². The molecule has 1 saturated heterocycles. The van der Waals surface area contributed by atoms with Gasteiger partial charge in [-0.15, -0.1) is 0 Å². The van der Waals surface area contributed by atoms with Crippen LogP contribution in [0.1, 0.15) is 12.8 Å². The number of hydrogen-bond donors (Lipinski definition) is 2. The number of hydrogen-bond acceptors (Lipinski definition) is 4. The largest absolute Gasteiger partial charge is 0.396 e. The molecule has 0 spiro atoms. The normalized spacial score (nSPS) is 22.6. The van der Waals surface area contributed by atoms with Gasteiger partial charge in [0, 0.05) is 17.6 Å². The van der Waals surface area contributed by atoms with Crippen LogP contribution >= 0.6 is 15.9 Å². The summed E-state index contributed by atoms with van der Waals surface area (Å²) in [4.78, 5) is -0.0748. The minimum Gasteiger partial charge on any atom is -0.396 e. The summed E-state index contributed by atoms with van der Waals surface area (Å²) < 4.78 is 39.5. The molecular weight excluding hydrogens is 351 g/mol. The van der Waals surface area contributed by atoms with Crippen molar-refractivity contribution in [3.8, 4) is 0 Å². The summed E-state index contributed by atoms with van der Waals surface area (Å²) in [5, 5.41) is 10.2. The van der Waals surface area contributed by atoms with Crippen molar-refractivity contribution in [1.29, 1.82) is 0 Å². The maximum atomic E-state index is 13.3. The van der Waals surface area contributed by atoms with Crippen LogP contribution in [0.15, 0.2) is 21.5 Å². The molecular formula is C12H14BrFN2O3S. The number of nitrogens with two attached hydrogens (primary N) is 1. The first-order valence-electron chi connectivity index (χ1n) is 6.21. The fourth-order valence-electron chi connectivity index (χ4n) is 2.49. The molecule has 0 unspecified atom stereocenters. The number of nitrogen functional groups attached to an aromatic ring is 1. The number of sulfonamides is 1. The Balaban J connectivity index is 1.88. The molecule has 3 rings (SSSR count).